The quantitative estimate of drug-likeness (QED) is 0.820. The average molecular weight is 387 g/mol. The van der Waals surface area contributed by atoms with Crippen molar-refractivity contribution in [3.63, 3.8) is 0 Å². The van der Waals surface area contributed by atoms with Crippen molar-refractivity contribution < 1.29 is 8.42 Å². The Kier molecular flexibility index (Phi) is 5.75. The summed E-state index contributed by atoms with van der Waals surface area (Å²) >= 11 is 0. The summed E-state index contributed by atoms with van der Waals surface area (Å²) in [6.07, 6.45) is 3.32. The van der Waals surface area contributed by atoms with E-state index in [4.69, 9.17) is 0 Å². The van der Waals surface area contributed by atoms with Crippen LogP contribution in [0.5, 0.6) is 0 Å². The van der Waals surface area contributed by atoms with Crippen LogP contribution in [0.25, 0.3) is 0 Å². The molecule has 3 rings (SSSR count). The van der Waals surface area contributed by atoms with Crippen molar-refractivity contribution in [2.45, 2.75) is 43.7 Å². The Morgan fingerprint density at radius 2 is 1.33 bits per heavy atom. The van der Waals surface area contributed by atoms with Crippen LogP contribution in [0.3, 0.4) is 0 Å². The molecule has 0 saturated heterocycles. The van der Waals surface area contributed by atoms with E-state index in [0.29, 0.717) is 0 Å². The van der Waals surface area contributed by atoms with E-state index in [1.54, 1.807) is 6.92 Å². The molecule has 1 fully saturated rings. The molecule has 0 aliphatic heterocycles. The lowest BCUT2D eigenvalue weighted by Gasteiger charge is -2.50. The van der Waals surface area contributed by atoms with Crippen molar-refractivity contribution in [3.05, 3.63) is 71.8 Å². The van der Waals surface area contributed by atoms with Gasteiger partial charge < -0.3 is 0 Å². The number of nitrogens with one attached hydrogen (secondary N) is 1. The molecule has 1 aliphatic rings. The minimum atomic E-state index is -3.31. The fraction of sp³-hybridized carbons (Fsp3) is 0.455. The Morgan fingerprint density at radius 1 is 0.852 bits per heavy atom. The summed E-state index contributed by atoms with van der Waals surface area (Å²) in [5.74, 6) is 0.0963. The maximum Gasteiger partial charge on any atom is 0.212 e. The molecule has 0 unspecified atom stereocenters. The van der Waals surface area contributed by atoms with Gasteiger partial charge in [0.1, 0.15) is 0 Å². The summed E-state index contributed by atoms with van der Waals surface area (Å²) in [7, 11) is 0.936. The van der Waals surface area contributed by atoms with Crippen LogP contribution in [-0.4, -0.2) is 33.2 Å². The van der Waals surface area contributed by atoms with Crippen molar-refractivity contribution >= 4 is 10.0 Å². The van der Waals surface area contributed by atoms with Gasteiger partial charge in [-0.3, -0.25) is 4.90 Å². The SMILES string of the molecule is CCS(=O)(=O)NC1(c2ccccc2)CCC(c2ccccc2)(N(C)C)CC1. The molecule has 5 heteroatoms. The number of hydrogen-bond acceptors (Lipinski definition) is 3. The van der Waals surface area contributed by atoms with Gasteiger partial charge in [0.15, 0.2) is 0 Å². The molecule has 0 bridgehead atoms. The van der Waals surface area contributed by atoms with Gasteiger partial charge in [-0.15, -0.1) is 0 Å². The van der Waals surface area contributed by atoms with E-state index in [-0.39, 0.29) is 11.3 Å². The molecule has 0 radical (unpaired) electrons. The lowest BCUT2D eigenvalue weighted by molar-refractivity contribution is 0.0610. The molecule has 0 atom stereocenters. The van der Waals surface area contributed by atoms with Crippen LogP contribution in [0.2, 0.25) is 0 Å². The highest BCUT2D eigenvalue weighted by molar-refractivity contribution is 7.89. The molecule has 1 aliphatic carbocycles. The Labute approximate surface area is 163 Å². The number of benzene rings is 2. The van der Waals surface area contributed by atoms with Crippen molar-refractivity contribution in [1.82, 2.24) is 9.62 Å². The second-order valence-electron chi connectivity index (χ2n) is 7.75. The van der Waals surface area contributed by atoms with Crippen LogP contribution < -0.4 is 4.72 Å². The van der Waals surface area contributed by atoms with Gasteiger partial charge >= 0.3 is 0 Å². The topological polar surface area (TPSA) is 49.4 Å². The Balaban J connectivity index is 1.98. The number of sulfonamides is 1. The van der Waals surface area contributed by atoms with Gasteiger partial charge in [0, 0.05) is 5.54 Å². The summed E-state index contributed by atoms with van der Waals surface area (Å²) in [6, 6.07) is 20.6. The van der Waals surface area contributed by atoms with Crippen LogP contribution in [0, 0.1) is 0 Å². The number of hydrogen-bond donors (Lipinski definition) is 1. The lowest BCUT2D eigenvalue weighted by Crippen LogP contribution is -2.54. The standard InChI is InChI=1S/C22H30N2O2S/c1-4-27(25,26)23-21(19-11-7-5-8-12-19)15-17-22(18-16-21,24(2)3)20-13-9-6-10-14-20/h5-14,23H,4,15-18H2,1-3H3. The summed E-state index contributed by atoms with van der Waals surface area (Å²) in [4.78, 5) is 2.30. The molecule has 0 heterocycles. The normalized spacial score (nSPS) is 26.2. The van der Waals surface area contributed by atoms with E-state index >= 15 is 0 Å². The highest BCUT2D eigenvalue weighted by Crippen LogP contribution is 2.48. The fourth-order valence-electron chi connectivity index (χ4n) is 4.41. The van der Waals surface area contributed by atoms with E-state index in [1.807, 2.05) is 36.4 Å². The monoisotopic (exact) mass is 386 g/mol. The van der Waals surface area contributed by atoms with Crippen LogP contribution >= 0.6 is 0 Å². The van der Waals surface area contributed by atoms with Crippen LogP contribution in [0.15, 0.2) is 60.7 Å². The predicted octanol–water partition coefficient (Wildman–Crippen LogP) is 3.85. The van der Waals surface area contributed by atoms with E-state index in [0.717, 1.165) is 31.2 Å². The Morgan fingerprint density at radius 3 is 1.78 bits per heavy atom. The van der Waals surface area contributed by atoms with E-state index < -0.39 is 15.6 Å². The Hall–Kier alpha value is -1.69. The first-order chi connectivity index (χ1) is 12.8. The fourth-order valence-corrected chi connectivity index (χ4v) is 5.47. The van der Waals surface area contributed by atoms with Crippen molar-refractivity contribution in [2.24, 2.45) is 0 Å². The highest BCUT2D eigenvalue weighted by Gasteiger charge is 2.47. The summed E-state index contributed by atoms with van der Waals surface area (Å²) in [6.45, 7) is 1.69. The molecular formula is C22H30N2O2S. The van der Waals surface area contributed by atoms with Gasteiger partial charge in [-0.2, -0.15) is 0 Å². The van der Waals surface area contributed by atoms with Crippen molar-refractivity contribution in [1.29, 1.82) is 0 Å². The van der Waals surface area contributed by atoms with Crippen LogP contribution in [-0.2, 0) is 21.1 Å². The number of nitrogens with zero attached hydrogens (tertiary/aromatic N) is 1. The maximum atomic E-state index is 12.5. The van der Waals surface area contributed by atoms with Gasteiger partial charge in [-0.25, -0.2) is 13.1 Å². The molecule has 0 aromatic heterocycles. The minimum absolute atomic E-state index is 0.0722. The van der Waals surface area contributed by atoms with Crippen molar-refractivity contribution in [3.8, 4) is 0 Å². The summed E-state index contributed by atoms with van der Waals surface area (Å²) < 4.78 is 28.0. The largest absolute Gasteiger partial charge is 0.300 e. The molecule has 4 nitrogen and oxygen atoms in total. The van der Waals surface area contributed by atoms with Crippen LogP contribution in [0.4, 0.5) is 0 Å². The third-order valence-corrected chi connectivity index (χ3v) is 7.62. The molecule has 0 spiro atoms. The van der Waals surface area contributed by atoms with E-state index in [2.05, 4.69) is 48.0 Å². The predicted molar refractivity (Wildman–Crippen MR) is 111 cm³/mol. The zero-order valence-electron chi connectivity index (χ0n) is 16.5. The zero-order valence-corrected chi connectivity index (χ0v) is 17.3. The smallest absolute Gasteiger partial charge is 0.212 e. The molecule has 2 aromatic carbocycles. The average Bonchev–Trinajstić information content (AvgIpc) is 2.69. The first-order valence-corrected chi connectivity index (χ1v) is 11.3. The van der Waals surface area contributed by atoms with Crippen LogP contribution in [0.1, 0.15) is 43.7 Å². The minimum Gasteiger partial charge on any atom is -0.300 e. The second kappa shape index (κ2) is 7.74. The molecule has 2 aromatic rings. The van der Waals surface area contributed by atoms with Gasteiger partial charge in [-0.1, -0.05) is 60.7 Å². The van der Waals surface area contributed by atoms with E-state index in [1.165, 1.54) is 5.56 Å². The number of rotatable bonds is 6. The molecule has 1 N–H and O–H groups in total. The third kappa shape index (κ3) is 3.96. The maximum absolute atomic E-state index is 12.5. The Bertz CT molecular complexity index is 840. The molecular weight excluding hydrogens is 356 g/mol. The second-order valence-corrected chi connectivity index (χ2v) is 9.76. The molecule has 0 amide bonds. The molecule has 27 heavy (non-hydrogen) atoms. The zero-order chi connectivity index (χ0) is 19.5. The van der Waals surface area contributed by atoms with E-state index in [9.17, 15) is 8.42 Å². The highest BCUT2D eigenvalue weighted by atomic mass is 32.2. The lowest BCUT2D eigenvalue weighted by atomic mass is 9.67. The molecule has 146 valence electrons. The van der Waals surface area contributed by atoms with Crippen molar-refractivity contribution in [2.75, 3.05) is 19.8 Å². The summed E-state index contributed by atoms with van der Waals surface area (Å²) in [5.41, 5.74) is 1.75. The third-order valence-electron chi connectivity index (χ3n) is 6.16. The summed E-state index contributed by atoms with van der Waals surface area (Å²) in [5, 5.41) is 0. The van der Waals surface area contributed by atoms with Gasteiger partial charge in [0.2, 0.25) is 10.0 Å². The van der Waals surface area contributed by atoms with Gasteiger partial charge in [0.25, 0.3) is 0 Å². The first-order valence-electron chi connectivity index (χ1n) is 9.64. The molecule has 1 saturated carbocycles. The first kappa shape index (κ1) is 20.1. The van der Waals surface area contributed by atoms with Gasteiger partial charge in [0.05, 0.1) is 11.3 Å². The van der Waals surface area contributed by atoms with Gasteiger partial charge in [-0.05, 0) is 57.8 Å².